The van der Waals surface area contributed by atoms with E-state index < -0.39 is 11.4 Å². The molecule has 3 rings (SSSR count). The SMILES string of the molecule is CC1(C(=O)O)CCCCC1Nc1cncc2nnnn12. The molecule has 2 N–H and O–H groups in total. The first-order valence-electron chi connectivity index (χ1n) is 6.63. The maximum absolute atomic E-state index is 11.6. The molecule has 8 nitrogen and oxygen atoms in total. The average Bonchev–Trinajstić information content (AvgIpc) is 2.90. The summed E-state index contributed by atoms with van der Waals surface area (Å²) in [5, 5.41) is 24.1. The molecule has 1 aliphatic carbocycles. The van der Waals surface area contributed by atoms with Crippen LogP contribution in [0.25, 0.3) is 5.65 Å². The Kier molecular flexibility index (Phi) is 3.00. The lowest BCUT2D eigenvalue weighted by atomic mass is 9.71. The van der Waals surface area contributed by atoms with E-state index in [1.807, 2.05) is 0 Å². The van der Waals surface area contributed by atoms with Crippen molar-refractivity contribution in [3.63, 3.8) is 0 Å². The molecule has 0 spiro atoms. The molecule has 0 amide bonds. The molecule has 1 saturated carbocycles. The second kappa shape index (κ2) is 4.69. The molecule has 2 heterocycles. The molecule has 106 valence electrons. The summed E-state index contributed by atoms with van der Waals surface area (Å²) in [6, 6.07) is -0.162. The lowest BCUT2D eigenvalue weighted by Gasteiger charge is -2.38. The molecule has 20 heavy (non-hydrogen) atoms. The van der Waals surface area contributed by atoms with E-state index in [1.165, 1.54) is 4.52 Å². The minimum Gasteiger partial charge on any atom is -0.481 e. The summed E-state index contributed by atoms with van der Waals surface area (Å²) < 4.78 is 1.53. The van der Waals surface area contributed by atoms with Gasteiger partial charge in [-0.1, -0.05) is 12.8 Å². The summed E-state index contributed by atoms with van der Waals surface area (Å²) >= 11 is 0. The molecule has 2 aromatic rings. The van der Waals surface area contributed by atoms with E-state index in [2.05, 4.69) is 25.8 Å². The van der Waals surface area contributed by atoms with Gasteiger partial charge in [-0.3, -0.25) is 9.78 Å². The normalized spacial score (nSPS) is 26.6. The predicted octanol–water partition coefficient (Wildman–Crippen LogP) is 0.965. The van der Waals surface area contributed by atoms with Gasteiger partial charge < -0.3 is 10.4 Å². The van der Waals surface area contributed by atoms with Crippen LogP contribution in [0, 0.1) is 5.41 Å². The van der Waals surface area contributed by atoms with Gasteiger partial charge in [-0.25, -0.2) is 0 Å². The second-order valence-corrected chi connectivity index (χ2v) is 5.41. The van der Waals surface area contributed by atoms with E-state index in [1.54, 1.807) is 19.3 Å². The third-order valence-corrected chi connectivity index (χ3v) is 4.13. The molecule has 2 atom stereocenters. The predicted molar refractivity (Wildman–Crippen MR) is 70.2 cm³/mol. The van der Waals surface area contributed by atoms with Crippen LogP contribution in [0.4, 0.5) is 5.82 Å². The van der Waals surface area contributed by atoms with Crippen LogP contribution in [0.3, 0.4) is 0 Å². The highest BCUT2D eigenvalue weighted by Crippen LogP contribution is 2.38. The van der Waals surface area contributed by atoms with Crippen LogP contribution in [-0.4, -0.2) is 42.1 Å². The zero-order valence-electron chi connectivity index (χ0n) is 11.2. The third kappa shape index (κ3) is 1.97. The van der Waals surface area contributed by atoms with Crippen LogP contribution in [-0.2, 0) is 4.79 Å². The van der Waals surface area contributed by atoms with Gasteiger partial charge in [-0.2, -0.15) is 4.52 Å². The van der Waals surface area contributed by atoms with Gasteiger partial charge in [0.1, 0.15) is 0 Å². The van der Waals surface area contributed by atoms with E-state index in [9.17, 15) is 9.90 Å². The topological polar surface area (TPSA) is 105 Å². The van der Waals surface area contributed by atoms with Gasteiger partial charge in [0, 0.05) is 6.04 Å². The molecule has 8 heteroatoms. The lowest BCUT2D eigenvalue weighted by Crippen LogP contribution is -2.47. The number of hydrogen-bond donors (Lipinski definition) is 2. The summed E-state index contributed by atoms with van der Waals surface area (Å²) in [4.78, 5) is 15.7. The van der Waals surface area contributed by atoms with Gasteiger partial charge in [0.05, 0.1) is 17.8 Å². The maximum Gasteiger partial charge on any atom is 0.311 e. The van der Waals surface area contributed by atoms with Crippen molar-refractivity contribution >= 4 is 17.4 Å². The van der Waals surface area contributed by atoms with Crippen LogP contribution >= 0.6 is 0 Å². The highest BCUT2D eigenvalue weighted by atomic mass is 16.4. The number of fused-ring (bicyclic) bond motifs is 1. The first kappa shape index (κ1) is 12.8. The van der Waals surface area contributed by atoms with E-state index >= 15 is 0 Å². The van der Waals surface area contributed by atoms with E-state index in [0.29, 0.717) is 17.9 Å². The summed E-state index contributed by atoms with van der Waals surface area (Å²) in [7, 11) is 0. The number of carbonyl (C=O) groups is 1. The minimum absolute atomic E-state index is 0.162. The van der Waals surface area contributed by atoms with Crippen molar-refractivity contribution in [2.24, 2.45) is 5.41 Å². The number of hydrogen-bond acceptors (Lipinski definition) is 6. The summed E-state index contributed by atoms with van der Waals surface area (Å²) in [6.45, 7) is 1.79. The molecule has 1 fully saturated rings. The van der Waals surface area contributed by atoms with Crippen LogP contribution in [0.2, 0.25) is 0 Å². The van der Waals surface area contributed by atoms with Crippen LogP contribution in [0.15, 0.2) is 12.4 Å². The van der Waals surface area contributed by atoms with Gasteiger partial charge in [0.25, 0.3) is 0 Å². The Hall–Kier alpha value is -2.25. The molecule has 0 aromatic carbocycles. The fourth-order valence-electron chi connectivity index (χ4n) is 2.77. The number of anilines is 1. The lowest BCUT2D eigenvalue weighted by molar-refractivity contribution is -0.150. The Morgan fingerprint density at radius 1 is 1.50 bits per heavy atom. The zero-order valence-corrected chi connectivity index (χ0v) is 11.2. The fourth-order valence-corrected chi connectivity index (χ4v) is 2.77. The summed E-state index contributed by atoms with van der Waals surface area (Å²) in [5.74, 6) is -0.154. The third-order valence-electron chi connectivity index (χ3n) is 4.13. The van der Waals surface area contributed by atoms with Crippen LogP contribution < -0.4 is 5.32 Å². The number of carboxylic acids is 1. The molecular formula is C12H16N6O2. The number of aliphatic carboxylic acids is 1. The van der Waals surface area contributed by atoms with Gasteiger partial charge in [0.2, 0.25) is 0 Å². The first-order valence-corrected chi connectivity index (χ1v) is 6.63. The number of rotatable bonds is 3. The van der Waals surface area contributed by atoms with Crippen LogP contribution in [0.1, 0.15) is 32.6 Å². The summed E-state index contributed by atoms with van der Waals surface area (Å²) in [6.07, 6.45) is 6.59. The zero-order chi connectivity index (χ0) is 14.2. The molecule has 0 saturated heterocycles. The van der Waals surface area contributed by atoms with Crippen molar-refractivity contribution in [2.45, 2.75) is 38.6 Å². The average molecular weight is 276 g/mol. The number of aromatic nitrogens is 5. The van der Waals surface area contributed by atoms with Crippen molar-refractivity contribution in [2.75, 3.05) is 5.32 Å². The Labute approximate surface area is 115 Å². The fraction of sp³-hybridized carbons (Fsp3) is 0.583. The molecule has 2 unspecified atom stereocenters. The number of tetrazole rings is 1. The van der Waals surface area contributed by atoms with Crippen LogP contribution in [0.5, 0.6) is 0 Å². The molecule has 0 radical (unpaired) electrons. The monoisotopic (exact) mass is 276 g/mol. The van der Waals surface area contributed by atoms with Crippen molar-refractivity contribution in [3.05, 3.63) is 12.4 Å². The second-order valence-electron chi connectivity index (χ2n) is 5.41. The molecular weight excluding hydrogens is 260 g/mol. The van der Waals surface area contributed by atoms with E-state index in [4.69, 9.17) is 0 Å². The van der Waals surface area contributed by atoms with Gasteiger partial charge in [0.15, 0.2) is 11.5 Å². The van der Waals surface area contributed by atoms with Crippen molar-refractivity contribution in [1.29, 1.82) is 0 Å². The highest BCUT2D eigenvalue weighted by molar-refractivity contribution is 5.76. The smallest absolute Gasteiger partial charge is 0.311 e. The van der Waals surface area contributed by atoms with Crippen molar-refractivity contribution in [1.82, 2.24) is 25.0 Å². The van der Waals surface area contributed by atoms with E-state index in [0.717, 1.165) is 19.3 Å². The maximum atomic E-state index is 11.6. The van der Waals surface area contributed by atoms with Crippen molar-refractivity contribution < 1.29 is 9.90 Å². The number of nitrogens with zero attached hydrogens (tertiary/aromatic N) is 5. The first-order chi connectivity index (χ1) is 9.61. The molecule has 1 aliphatic rings. The molecule has 0 aliphatic heterocycles. The largest absolute Gasteiger partial charge is 0.481 e. The Balaban J connectivity index is 1.93. The van der Waals surface area contributed by atoms with Gasteiger partial charge in [-0.15, -0.1) is 5.10 Å². The number of nitrogens with one attached hydrogen (secondary N) is 1. The van der Waals surface area contributed by atoms with Crippen molar-refractivity contribution in [3.8, 4) is 0 Å². The number of carboxylic acid groups (broad SMARTS) is 1. The Morgan fingerprint density at radius 2 is 2.35 bits per heavy atom. The molecule has 0 bridgehead atoms. The Morgan fingerprint density at radius 3 is 3.15 bits per heavy atom. The highest BCUT2D eigenvalue weighted by Gasteiger charge is 2.43. The standard InChI is InChI=1S/C12H16N6O2/c1-12(11(19)20)5-3-2-4-8(12)14-9-6-13-7-10-15-16-17-18(9)10/h6-8,14H,2-5H2,1H3,(H,19,20). The summed E-state index contributed by atoms with van der Waals surface area (Å²) in [5.41, 5.74) is -0.253. The van der Waals surface area contributed by atoms with E-state index in [-0.39, 0.29) is 6.04 Å². The van der Waals surface area contributed by atoms with Gasteiger partial charge in [-0.05, 0) is 30.2 Å². The Bertz CT molecular complexity index is 642. The quantitative estimate of drug-likeness (QED) is 0.860. The molecule has 2 aromatic heterocycles. The van der Waals surface area contributed by atoms with Gasteiger partial charge >= 0.3 is 5.97 Å². The minimum atomic E-state index is -0.783.